The molecule has 0 aliphatic rings. The summed E-state index contributed by atoms with van der Waals surface area (Å²) < 4.78 is 32.6. The van der Waals surface area contributed by atoms with E-state index in [2.05, 4.69) is 21.2 Å². The van der Waals surface area contributed by atoms with Crippen molar-refractivity contribution in [3.8, 4) is 5.75 Å². The van der Waals surface area contributed by atoms with Gasteiger partial charge in [-0.1, -0.05) is 28.1 Å². The molecule has 2 aromatic rings. The summed E-state index contributed by atoms with van der Waals surface area (Å²) in [6.45, 7) is 10.1. The van der Waals surface area contributed by atoms with Gasteiger partial charge in [0.2, 0.25) is 21.8 Å². The van der Waals surface area contributed by atoms with Gasteiger partial charge in [0, 0.05) is 29.5 Å². The van der Waals surface area contributed by atoms with Crippen molar-refractivity contribution >= 4 is 43.5 Å². The number of sulfonamides is 1. The van der Waals surface area contributed by atoms with E-state index >= 15 is 0 Å². The molecule has 1 N–H and O–H groups in total. The molecule has 0 saturated heterocycles. The maximum atomic E-state index is 13.4. The Bertz CT molecular complexity index is 1160. The van der Waals surface area contributed by atoms with Gasteiger partial charge >= 0.3 is 0 Å². The highest BCUT2D eigenvalue weighted by molar-refractivity contribution is 9.10. The Morgan fingerprint density at radius 1 is 1.11 bits per heavy atom. The zero-order valence-corrected chi connectivity index (χ0v) is 24.9. The third-order valence-electron chi connectivity index (χ3n) is 5.50. The lowest BCUT2D eigenvalue weighted by Crippen LogP contribution is -2.52. The second kappa shape index (κ2) is 13.3. The van der Waals surface area contributed by atoms with Crippen LogP contribution in [0.1, 0.15) is 53.0 Å². The van der Waals surface area contributed by atoms with Crippen LogP contribution in [-0.2, 0) is 26.2 Å². The summed E-state index contributed by atoms with van der Waals surface area (Å²) in [5.74, 6) is 0.181. The van der Waals surface area contributed by atoms with E-state index in [0.29, 0.717) is 24.5 Å². The Hall–Kier alpha value is -2.59. The number of carbonyl (C=O) groups excluding carboxylic acids is 2. The number of amides is 2. The maximum absolute atomic E-state index is 13.4. The summed E-state index contributed by atoms with van der Waals surface area (Å²) in [5.41, 5.74) is 0.941. The molecule has 0 spiro atoms. The minimum absolute atomic E-state index is 0.0875. The number of nitrogens with zero attached hydrogens (tertiary/aromatic N) is 2. The van der Waals surface area contributed by atoms with Gasteiger partial charge in [0.15, 0.2) is 0 Å². The Balaban J connectivity index is 2.18. The number of nitrogens with one attached hydrogen (secondary N) is 1. The van der Waals surface area contributed by atoms with Gasteiger partial charge in [-0.25, -0.2) is 8.42 Å². The van der Waals surface area contributed by atoms with Crippen LogP contribution in [0.3, 0.4) is 0 Å². The van der Waals surface area contributed by atoms with Crippen LogP contribution in [0.15, 0.2) is 53.0 Å². The average molecular weight is 597 g/mol. The summed E-state index contributed by atoms with van der Waals surface area (Å²) in [7, 11) is -3.57. The minimum atomic E-state index is -3.57. The molecule has 37 heavy (non-hydrogen) atoms. The predicted octanol–water partition coefficient (Wildman–Crippen LogP) is 4.73. The SMILES string of the molecule is CCOc1ccc(N(CCCC(=O)N(Cc2cccc(Br)c2)C(C)C(=O)NC(C)(C)C)S(C)(=O)=O)cc1. The first-order valence-corrected chi connectivity index (χ1v) is 14.9. The van der Waals surface area contributed by atoms with Crippen LogP contribution in [0.5, 0.6) is 5.75 Å². The zero-order chi connectivity index (χ0) is 27.8. The molecule has 10 heteroatoms. The first kappa shape index (κ1) is 30.6. The lowest BCUT2D eigenvalue weighted by molar-refractivity contribution is -0.141. The van der Waals surface area contributed by atoms with Crippen LogP contribution >= 0.6 is 15.9 Å². The van der Waals surface area contributed by atoms with Gasteiger partial charge in [-0.2, -0.15) is 0 Å². The van der Waals surface area contributed by atoms with Crippen molar-refractivity contribution < 1.29 is 22.7 Å². The molecule has 2 aromatic carbocycles. The molecule has 1 unspecified atom stereocenters. The van der Waals surface area contributed by atoms with Crippen molar-refractivity contribution in [2.45, 2.75) is 65.6 Å². The summed E-state index contributed by atoms with van der Waals surface area (Å²) in [5, 5.41) is 2.94. The van der Waals surface area contributed by atoms with Crippen LogP contribution in [0.25, 0.3) is 0 Å². The fourth-order valence-corrected chi connectivity index (χ4v) is 5.18. The van der Waals surface area contributed by atoms with E-state index in [0.717, 1.165) is 16.3 Å². The minimum Gasteiger partial charge on any atom is -0.494 e. The molecule has 1 atom stereocenters. The molecule has 2 amide bonds. The Kier molecular flexibility index (Phi) is 11.0. The van der Waals surface area contributed by atoms with Crippen LogP contribution in [-0.4, -0.2) is 56.1 Å². The third-order valence-corrected chi connectivity index (χ3v) is 7.18. The zero-order valence-electron chi connectivity index (χ0n) is 22.5. The molecule has 2 rings (SSSR count). The highest BCUT2D eigenvalue weighted by atomic mass is 79.9. The van der Waals surface area contributed by atoms with E-state index in [1.807, 2.05) is 52.0 Å². The van der Waals surface area contributed by atoms with Crippen LogP contribution in [0.2, 0.25) is 0 Å². The molecular weight excluding hydrogens is 558 g/mol. The third kappa shape index (κ3) is 10.0. The molecule has 0 heterocycles. The van der Waals surface area contributed by atoms with Gasteiger partial charge in [0.05, 0.1) is 18.6 Å². The number of anilines is 1. The predicted molar refractivity (Wildman–Crippen MR) is 151 cm³/mol. The van der Waals surface area contributed by atoms with E-state index in [1.165, 1.54) is 4.31 Å². The highest BCUT2D eigenvalue weighted by Gasteiger charge is 2.28. The first-order chi connectivity index (χ1) is 17.2. The fraction of sp³-hybridized carbons (Fsp3) is 0.481. The standard InChI is InChI=1S/C27H38BrN3O5S/c1-7-36-24-15-13-23(14-16-24)31(37(6,34)35)17-9-12-25(32)30(19-21-10-8-11-22(28)18-21)20(2)26(33)29-27(3,4)5/h8,10-11,13-16,18,20H,7,9,12,17,19H2,1-6H3,(H,29,33). The van der Waals surface area contributed by atoms with Gasteiger partial charge in [-0.15, -0.1) is 0 Å². The molecule has 8 nitrogen and oxygen atoms in total. The molecule has 0 aliphatic heterocycles. The Labute approximate surface area is 229 Å². The molecule has 0 saturated carbocycles. The van der Waals surface area contributed by atoms with Crippen molar-refractivity contribution in [2.24, 2.45) is 0 Å². The van der Waals surface area contributed by atoms with Gasteiger partial charge in [0.1, 0.15) is 11.8 Å². The average Bonchev–Trinajstić information content (AvgIpc) is 2.79. The Morgan fingerprint density at radius 2 is 1.76 bits per heavy atom. The van der Waals surface area contributed by atoms with Gasteiger partial charge < -0.3 is 15.0 Å². The monoisotopic (exact) mass is 595 g/mol. The van der Waals surface area contributed by atoms with Crippen molar-refractivity contribution in [1.82, 2.24) is 10.2 Å². The van der Waals surface area contributed by atoms with Crippen molar-refractivity contribution in [3.63, 3.8) is 0 Å². The van der Waals surface area contributed by atoms with E-state index in [-0.39, 0.29) is 31.3 Å². The molecule has 0 radical (unpaired) electrons. The Morgan fingerprint density at radius 3 is 2.30 bits per heavy atom. The number of benzene rings is 2. The van der Waals surface area contributed by atoms with E-state index in [1.54, 1.807) is 36.1 Å². The van der Waals surface area contributed by atoms with E-state index in [9.17, 15) is 18.0 Å². The maximum Gasteiger partial charge on any atom is 0.242 e. The quantitative estimate of drug-likeness (QED) is 0.383. The van der Waals surface area contributed by atoms with Crippen molar-refractivity contribution in [2.75, 3.05) is 23.7 Å². The molecule has 204 valence electrons. The molecule has 0 bridgehead atoms. The molecule has 0 fully saturated rings. The second-order valence-corrected chi connectivity index (χ2v) is 12.8. The lowest BCUT2D eigenvalue weighted by atomic mass is 10.1. The number of hydrogen-bond donors (Lipinski definition) is 1. The first-order valence-electron chi connectivity index (χ1n) is 12.3. The number of carbonyl (C=O) groups is 2. The molecule has 0 aromatic heterocycles. The van der Waals surface area contributed by atoms with Crippen LogP contribution < -0.4 is 14.4 Å². The topological polar surface area (TPSA) is 96.0 Å². The van der Waals surface area contributed by atoms with Crippen molar-refractivity contribution in [1.29, 1.82) is 0 Å². The summed E-state index contributed by atoms with van der Waals surface area (Å²) in [6.07, 6.45) is 1.52. The normalized spacial score (nSPS) is 12.5. The van der Waals surface area contributed by atoms with E-state index in [4.69, 9.17) is 4.74 Å². The lowest BCUT2D eigenvalue weighted by Gasteiger charge is -2.32. The highest BCUT2D eigenvalue weighted by Crippen LogP contribution is 2.23. The number of ether oxygens (including phenoxy) is 1. The summed E-state index contributed by atoms with van der Waals surface area (Å²) in [6, 6.07) is 13.7. The summed E-state index contributed by atoms with van der Waals surface area (Å²) in [4.78, 5) is 27.8. The van der Waals surface area contributed by atoms with Crippen LogP contribution in [0, 0.1) is 0 Å². The molecule has 0 aliphatic carbocycles. The van der Waals surface area contributed by atoms with Gasteiger partial charge in [0.25, 0.3) is 0 Å². The van der Waals surface area contributed by atoms with Gasteiger partial charge in [-0.3, -0.25) is 13.9 Å². The van der Waals surface area contributed by atoms with E-state index < -0.39 is 21.6 Å². The molecular formula is C27H38BrN3O5S. The smallest absolute Gasteiger partial charge is 0.242 e. The van der Waals surface area contributed by atoms with Crippen molar-refractivity contribution in [3.05, 3.63) is 58.6 Å². The number of hydrogen-bond acceptors (Lipinski definition) is 5. The number of halogens is 1. The van der Waals surface area contributed by atoms with Crippen LogP contribution in [0.4, 0.5) is 5.69 Å². The van der Waals surface area contributed by atoms with Gasteiger partial charge in [-0.05, 0) is 83.0 Å². The summed E-state index contributed by atoms with van der Waals surface area (Å²) >= 11 is 3.45. The number of rotatable bonds is 12. The second-order valence-electron chi connectivity index (χ2n) is 9.93. The fourth-order valence-electron chi connectivity index (χ4n) is 3.77. The largest absolute Gasteiger partial charge is 0.494 e.